The summed E-state index contributed by atoms with van der Waals surface area (Å²) in [5, 5.41) is 1.87. The minimum atomic E-state index is -3.66. The molecule has 1 aliphatic heterocycles. The van der Waals surface area contributed by atoms with Gasteiger partial charge in [0.2, 0.25) is 5.03 Å². The molecule has 0 saturated carbocycles. The lowest BCUT2D eigenvalue weighted by atomic mass is 10.5. The van der Waals surface area contributed by atoms with Gasteiger partial charge >= 0.3 is 0 Å². The Kier molecular flexibility index (Phi) is 3.65. The van der Waals surface area contributed by atoms with Crippen LogP contribution >= 0.6 is 11.3 Å². The maximum Gasteiger partial charge on any atom is 0.263 e. The van der Waals surface area contributed by atoms with E-state index in [-0.39, 0.29) is 10.8 Å². The van der Waals surface area contributed by atoms with E-state index in [2.05, 4.69) is 10.4 Å². The quantitative estimate of drug-likeness (QED) is 0.614. The minimum absolute atomic E-state index is 0.0816. The minimum Gasteiger partial charge on any atom is -0.380 e. The third kappa shape index (κ3) is 2.19. The molecule has 3 N–H and O–H groups in total. The van der Waals surface area contributed by atoms with E-state index in [0.717, 1.165) is 0 Å². The van der Waals surface area contributed by atoms with Crippen molar-refractivity contribution in [2.75, 3.05) is 31.7 Å². The van der Waals surface area contributed by atoms with Gasteiger partial charge in [0.05, 0.1) is 6.61 Å². The van der Waals surface area contributed by atoms with Crippen molar-refractivity contribution in [2.45, 2.75) is 11.4 Å². The highest BCUT2D eigenvalue weighted by Crippen LogP contribution is 2.28. The second-order valence-electron chi connectivity index (χ2n) is 4.34. The first-order valence-corrected chi connectivity index (χ1v) is 8.46. The number of nitrogens with two attached hydrogens (primary N) is 1. The first-order valence-electron chi connectivity index (χ1n) is 6.14. The van der Waals surface area contributed by atoms with Crippen molar-refractivity contribution in [1.29, 1.82) is 0 Å². The molecule has 0 atom stereocenters. The van der Waals surface area contributed by atoms with Gasteiger partial charge in [0.25, 0.3) is 10.0 Å². The number of sulfonamides is 1. The fourth-order valence-corrected chi connectivity index (χ4v) is 4.64. The molecule has 10 heteroatoms. The molecule has 0 unspecified atom stereocenters. The SMILES string of the molecule is NNc1nc2sccn2c1S(=O)(=O)N1CCCOCC1. The second kappa shape index (κ2) is 5.30. The molecule has 0 aliphatic carbocycles. The monoisotopic (exact) mass is 317 g/mol. The average molecular weight is 317 g/mol. The van der Waals surface area contributed by atoms with Crippen LogP contribution in [0, 0.1) is 0 Å². The molecule has 1 fully saturated rings. The lowest BCUT2D eigenvalue weighted by molar-refractivity contribution is 0.148. The fraction of sp³-hybridized carbons (Fsp3) is 0.500. The third-order valence-electron chi connectivity index (χ3n) is 3.12. The van der Waals surface area contributed by atoms with E-state index in [9.17, 15) is 8.42 Å². The van der Waals surface area contributed by atoms with Crippen molar-refractivity contribution < 1.29 is 13.2 Å². The molecular formula is C10H15N5O3S2. The summed E-state index contributed by atoms with van der Waals surface area (Å²) in [6, 6.07) is 0. The van der Waals surface area contributed by atoms with E-state index >= 15 is 0 Å². The van der Waals surface area contributed by atoms with E-state index in [1.807, 2.05) is 0 Å². The first-order chi connectivity index (χ1) is 9.64. The average Bonchev–Trinajstić information content (AvgIpc) is 2.87. The van der Waals surface area contributed by atoms with Crippen molar-refractivity contribution in [3.05, 3.63) is 11.6 Å². The highest BCUT2D eigenvalue weighted by molar-refractivity contribution is 7.89. The number of hydrogen-bond donors (Lipinski definition) is 2. The van der Waals surface area contributed by atoms with Gasteiger partial charge in [-0.3, -0.25) is 4.40 Å². The van der Waals surface area contributed by atoms with Crippen LogP contribution in [0.3, 0.4) is 0 Å². The number of imidazole rings is 1. The predicted octanol–water partition coefficient (Wildman–Crippen LogP) is 0.0924. The zero-order valence-electron chi connectivity index (χ0n) is 10.7. The molecule has 0 radical (unpaired) electrons. The van der Waals surface area contributed by atoms with E-state index < -0.39 is 10.0 Å². The van der Waals surface area contributed by atoms with Crippen LogP contribution in [-0.2, 0) is 14.8 Å². The van der Waals surface area contributed by atoms with Gasteiger partial charge in [0, 0.05) is 31.3 Å². The molecule has 3 rings (SSSR count). The van der Waals surface area contributed by atoms with Crippen molar-refractivity contribution in [3.63, 3.8) is 0 Å². The topological polar surface area (TPSA) is 102 Å². The zero-order valence-corrected chi connectivity index (χ0v) is 12.3. The Morgan fingerprint density at radius 3 is 3.05 bits per heavy atom. The van der Waals surface area contributed by atoms with Crippen LogP contribution in [0.15, 0.2) is 16.6 Å². The summed E-state index contributed by atoms with van der Waals surface area (Å²) >= 11 is 1.35. The van der Waals surface area contributed by atoms with Gasteiger partial charge in [0.1, 0.15) is 0 Å². The molecule has 0 amide bonds. The Morgan fingerprint density at radius 1 is 1.40 bits per heavy atom. The highest BCUT2D eigenvalue weighted by atomic mass is 32.2. The standard InChI is InChI=1S/C10H15N5O3S2/c11-13-8-9(15-4-7-19-10(15)12-8)20(16,17)14-2-1-5-18-6-3-14/h4,7,13H,1-3,5-6,11H2. The van der Waals surface area contributed by atoms with Crippen LogP contribution in [0.5, 0.6) is 0 Å². The number of thiazole rings is 1. The predicted molar refractivity (Wildman–Crippen MR) is 75.1 cm³/mol. The molecule has 20 heavy (non-hydrogen) atoms. The van der Waals surface area contributed by atoms with Gasteiger partial charge in [0.15, 0.2) is 10.8 Å². The number of nitrogen functional groups attached to an aromatic ring is 1. The molecule has 2 aromatic rings. The second-order valence-corrected chi connectivity index (χ2v) is 7.06. The van der Waals surface area contributed by atoms with E-state index in [0.29, 0.717) is 37.7 Å². The third-order valence-corrected chi connectivity index (χ3v) is 5.80. The number of hydrogen-bond acceptors (Lipinski definition) is 7. The molecule has 1 aliphatic rings. The molecule has 1 saturated heterocycles. The smallest absolute Gasteiger partial charge is 0.263 e. The normalized spacial score (nSPS) is 18.2. The summed E-state index contributed by atoms with van der Waals surface area (Å²) < 4.78 is 33.9. The number of hydrazine groups is 1. The number of aromatic nitrogens is 2. The van der Waals surface area contributed by atoms with E-state index in [4.69, 9.17) is 10.6 Å². The maximum absolute atomic E-state index is 12.8. The summed E-state index contributed by atoms with van der Waals surface area (Å²) in [7, 11) is -3.66. The van der Waals surface area contributed by atoms with Crippen LogP contribution < -0.4 is 11.3 Å². The van der Waals surface area contributed by atoms with Crippen LogP contribution in [0.25, 0.3) is 4.96 Å². The Hall–Kier alpha value is -1.20. The van der Waals surface area contributed by atoms with Gasteiger partial charge in [-0.2, -0.15) is 9.29 Å². The van der Waals surface area contributed by atoms with Gasteiger partial charge in [-0.25, -0.2) is 14.3 Å². The molecular weight excluding hydrogens is 302 g/mol. The first kappa shape index (κ1) is 13.8. The molecule has 3 heterocycles. The zero-order chi connectivity index (χ0) is 14.2. The Balaban J connectivity index is 2.09. The van der Waals surface area contributed by atoms with E-state index in [1.165, 1.54) is 15.6 Å². The van der Waals surface area contributed by atoms with Crippen LogP contribution in [0.4, 0.5) is 5.82 Å². The lowest BCUT2D eigenvalue weighted by Crippen LogP contribution is -2.34. The van der Waals surface area contributed by atoms with Crippen molar-refractivity contribution in [1.82, 2.24) is 13.7 Å². The van der Waals surface area contributed by atoms with Crippen molar-refractivity contribution >= 4 is 32.1 Å². The number of anilines is 1. The van der Waals surface area contributed by atoms with Crippen LogP contribution in [-0.4, -0.2) is 48.4 Å². The Morgan fingerprint density at radius 2 is 2.25 bits per heavy atom. The highest BCUT2D eigenvalue weighted by Gasteiger charge is 2.32. The Labute approximate surface area is 120 Å². The summed E-state index contributed by atoms with van der Waals surface area (Å²) in [5.74, 6) is 5.57. The van der Waals surface area contributed by atoms with Gasteiger partial charge in [-0.15, -0.1) is 11.3 Å². The Bertz CT molecular complexity index is 700. The molecule has 2 aromatic heterocycles. The number of rotatable bonds is 3. The largest absolute Gasteiger partial charge is 0.380 e. The molecule has 0 aromatic carbocycles. The number of nitrogens with zero attached hydrogens (tertiary/aromatic N) is 3. The fourth-order valence-electron chi connectivity index (χ4n) is 2.19. The summed E-state index contributed by atoms with van der Waals surface area (Å²) in [6.45, 7) is 1.75. The molecule has 0 bridgehead atoms. The van der Waals surface area contributed by atoms with Crippen molar-refractivity contribution in [2.24, 2.45) is 5.84 Å². The maximum atomic E-state index is 12.8. The van der Waals surface area contributed by atoms with Gasteiger partial charge in [-0.1, -0.05) is 0 Å². The number of ether oxygens (including phenoxy) is 1. The molecule has 8 nitrogen and oxygen atoms in total. The summed E-state index contributed by atoms with van der Waals surface area (Å²) in [6.07, 6.45) is 2.35. The lowest BCUT2D eigenvalue weighted by Gasteiger charge is -2.19. The van der Waals surface area contributed by atoms with Crippen LogP contribution in [0.1, 0.15) is 6.42 Å². The summed E-state index contributed by atoms with van der Waals surface area (Å²) in [5.41, 5.74) is 2.37. The number of nitrogens with one attached hydrogen (secondary N) is 1. The molecule has 0 spiro atoms. The van der Waals surface area contributed by atoms with Crippen molar-refractivity contribution in [3.8, 4) is 0 Å². The van der Waals surface area contributed by atoms with Gasteiger partial charge in [-0.05, 0) is 6.42 Å². The van der Waals surface area contributed by atoms with Crippen LogP contribution in [0.2, 0.25) is 0 Å². The number of fused-ring (bicyclic) bond motifs is 1. The molecule has 110 valence electrons. The van der Waals surface area contributed by atoms with Gasteiger partial charge < -0.3 is 10.2 Å². The van der Waals surface area contributed by atoms with E-state index in [1.54, 1.807) is 16.0 Å². The summed E-state index contributed by atoms with van der Waals surface area (Å²) in [4.78, 5) is 4.77.